The number of hydrogen-bond acceptors (Lipinski definition) is 4. The van der Waals surface area contributed by atoms with Gasteiger partial charge in [0.1, 0.15) is 29.3 Å². The monoisotopic (exact) mass is 559 g/mol. The zero-order valence-electron chi connectivity index (χ0n) is 23.8. The van der Waals surface area contributed by atoms with E-state index in [1.807, 2.05) is 54.6 Å². The molecule has 42 heavy (non-hydrogen) atoms. The van der Waals surface area contributed by atoms with Crippen LogP contribution in [0.25, 0.3) is 23.4 Å². The van der Waals surface area contributed by atoms with Crippen molar-refractivity contribution in [2.24, 2.45) is 0 Å². The van der Waals surface area contributed by atoms with E-state index in [9.17, 15) is 9.90 Å². The van der Waals surface area contributed by atoms with Gasteiger partial charge < -0.3 is 19.7 Å². The van der Waals surface area contributed by atoms with Gasteiger partial charge in [0.15, 0.2) is 0 Å². The number of β-amino-alcohol motifs (C(OH)–C–C–N with tert-alkyl or cyclic N) is 1. The number of nitrogens with one attached hydrogen (secondary N) is 1. The van der Waals surface area contributed by atoms with E-state index in [-0.39, 0.29) is 12.2 Å². The Morgan fingerprint density at radius 2 is 1.64 bits per heavy atom. The number of benzene rings is 4. The molecule has 0 amide bonds. The number of aliphatic hydroxyl groups is 1. The number of piperidine rings is 1. The molecule has 1 fully saturated rings. The summed E-state index contributed by atoms with van der Waals surface area (Å²) in [4.78, 5) is 18.6. The lowest BCUT2D eigenvalue weighted by atomic mass is 9.88. The highest BCUT2D eigenvalue weighted by molar-refractivity contribution is 5.83. The molecule has 2 N–H and O–H groups in total. The average Bonchev–Trinajstić information content (AvgIpc) is 3.28. The summed E-state index contributed by atoms with van der Waals surface area (Å²) in [6.07, 6.45) is 3.33. The van der Waals surface area contributed by atoms with Gasteiger partial charge in [-0.25, -0.2) is 0 Å². The molecule has 1 atom stereocenters. The number of para-hydroxylation sites is 1. The van der Waals surface area contributed by atoms with Gasteiger partial charge in [0.25, 0.3) is 5.56 Å². The number of likely N-dealkylation sites (tertiary alicyclic amines) is 1. The normalized spacial score (nSPS) is 15.7. The van der Waals surface area contributed by atoms with Gasteiger partial charge in [-0.2, -0.15) is 0 Å². The van der Waals surface area contributed by atoms with Crippen molar-refractivity contribution in [3.63, 3.8) is 0 Å². The van der Waals surface area contributed by atoms with Crippen LogP contribution in [0.5, 0.6) is 5.75 Å². The molecule has 0 spiro atoms. The van der Waals surface area contributed by atoms with Crippen molar-refractivity contribution in [1.29, 1.82) is 0 Å². The first-order chi connectivity index (χ1) is 20.5. The molecule has 6 nitrogen and oxygen atoms in total. The first-order valence-corrected chi connectivity index (χ1v) is 14.7. The minimum atomic E-state index is -0.615. The number of H-pyrrole nitrogens is 1. The van der Waals surface area contributed by atoms with E-state index in [0.717, 1.165) is 37.1 Å². The molecule has 6 heteroatoms. The minimum Gasteiger partial charge on any atom is -0.490 e. The molecule has 0 saturated carbocycles. The smallest absolute Gasteiger partial charge is 0.276 e. The van der Waals surface area contributed by atoms with E-state index < -0.39 is 6.10 Å². The predicted molar refractivity (Wildman–Crippen MR) is 169 cm³/mol. The van der Waals surface area contributed by atoms with Gasteiger partial charge in [-0.15, -0.1) is 0 Å². The summed E-state index contributed by atoms with van der Waals surface area (Å²) in [5.74, 6) is 1.17. The Bertz CT molecular complexity index is 1820. The number of imidazole rings is 1. The van der Waals surface area contributed by atoms with Gasteiger partial charge in [-0.05, 0) is 65.9 Å². The fraction of sp³-hybridized carbons (Fsp3) is 0.250. The second-order valence-corrected chi connectivity index (χ2v) is 11.2. The molecule has 2 heterocycles. The van der Waals surface area contributed by atoms with Crippen molar-refractivity contribution < 1.29 is 9.84 Å². The van der Waals surface area contributed by atoms with Gasteiger partial charge in [0.2, 0.25) is 0 Å². The zero-order valence-corrected chi connectivity index (χ0v) is 23.8. The molecule has 6 rings (SSSR count). The SMILES string of the molecule is C=c1[nH]c(=Cc2ccccc2OC[C@@H](O)CN2CCC(c3ccc4ccccc4c3)CC2)c(=O)n1Cc1ccccc1. The van der Waals surface area contributed by atoms with Crippen molar-refractivity contribution >= 4 is 23.4 Å². The van der Waals surface area contributed by atoms with Gasteiger partial charge in [-0.1, -0.05) is 97.6 Å². The van der Waals surface area contributed by atoms with Crippen LogP contribution in [0.15, 0.2) is 102 Å². The van der Waals surface area contributed by atoms with Crippen molar-refractivity contribution in [3.8, 4) is 5.75 Å². The highest BCUT2D eigenvalue weighted by Gasteiger charge is 2.22. The Morgan fingerprint density at radius 1 is 0.929 bits per heavy atom. The standard InChI is InChI=1S/C36H37N3O3/c1-26-37-34(36(41)39(26)23-27-9-3-2-4-10-27)22-32-13-7-8-14-35(32)42-25-33(40)24-38-19-17-29(18-20-38)31-16-15-28-11-5-6-12-30(28)21-31/h2-16,21-22,29,33,37,40H,1,17-20,23-25H2/t33-/m0/s1. The molecular weight excluding hydrogens is 522 g/mol. The molecule has 0 bridgehead atoms. The Kier molecular flexibility index (Phi) is 8.35. The molecule has 1 saturated heterocycles. The average molecular weight is 560 g/mol. The van der Waals surface area contributed by atoms with Crippen LogP contribution in [-0.2, 0) is 6.54 Å². The van der Waals surface area contributed by atoms with E-state index in [1.54, 1.807) is 10.6 Å². The molecule has 0 unspecified atom stereocenters. The fourth-order valence-electron chi connectivity index (χ4n) is 5.91. The predicted octanol–water partition coefficient (Wildman–Crippen LogP) is 4.24. The van der Waals surface area contributed by atoms with Gasteiger partial charge >= 0.3 is 0 Å². The maximum absolute atomic E-state index is 13.1. The summed E-state index contributed by atoms with van der Waals surface area (Å²) in [6.45, 7) is 7.14. The Labute approximate surface area is 245 Å². The number of hydrogen-bond donors (Lipinski definition) is 2. The molecule has 214 valence electrons. The highest BCUT2D eigenvalue weighted by atomic mass is 16.5. The summed E-state index contributed by atoms with van der Waals surface area (Å²) in [5.41, 5.74) is 3.63. The van der Waals surface area contributed by atoms with E-state index in [0.29, 0.717) is 35.6 Å². The van der Waals surface area contributed by atoms with Gasteiger partial charge in [0.05, 0.1) is 6.54 Å². The van der Waals surface area contributed by atoms with Crippen molar-refractivity contribution in [2.45, 2.75) is 31.4 Å². The number of ether oxygens (including phenoxy) is 1. The first kappa shape index (κ1) is 27.8. The van der Waals surface area contributed by atoms with Crippen LogP contribution in [0.4, 0.5) is 0 Å². The van der Waals surface area contributed by atoms with Crippen LogP contribution in [0.1, 0.15) is 35.4 Å². The summed E-state index contributed by atoms with van der Waals surface area (Å²) in [7, 11) is 0. The number of fused-ring (bicyclic) bond motifs is 1. The second kappa shape index (κ2) is 12.6. The fourth-order valence-corrected chi connectivity index (χ4v) is 5.91. The summed E-state index contributed by atoms with van der Waals surface area (Å²) in [5, 5.41) is 13.8. The zero-order chi connectivity index (χ0) is 28.9. The van der Waals surface area contributed by atoms with Crippen LogP contribution in [0.3, 0.4) is 0 Å². The molecule has 5 aromatic rings. The first-order valence-electron chi connectivity index (χ1n) is 14.7. The van der Waals surface area contributed by atoms with Gasteiger partial charge in [-0.3, -0.25) is 9.36 Å². The maximum atomic E-state index is 13.1. The summed E-state index contributed by atoms with van der Waals surface area (Å²) >= 11 is 0. The lowest BCUT2D eigenvalue weighted by Crippen LogP contribution is -2.40. The quantitative estimate of drug-likeness (QED) is 0.284. The minimum absolute atomic E-state index is 0.134. The van der Waals surface area contributed by atoms with Crippen molar-refractivity contribution in [2.75, 3.05) is 26.2 Å². The third-order valence-electron chi connectivity index (χ3n) is 8.22. The summed E-state index contributed by atoms with van der Waals surface area (Å²) in [6, 6.07) is 32.8. The Balaban J connectivity index is 1.06. The van der Waals surface area contributed by atoms with Crippen LogP contribution in [0.2, 0.25) is 0 Å². The molecule has 0 aliphatic carbocycles. The molecule has 1 aliphatic heterocycles. The van der Waals surface area contributed by atoms with E-state index >= 15 is 0 Å². The van der Waals surface area contributed by atoms with Crippen LogP contribution < -0.4 is 21.1 Å². The molecule has 1 aromatic heterocycles. The van der Waals surface area contributed by atoms with Crippen LogP contribution in [-0.4, -0.2) is 51.9 Å². The topological polar surface area (TPSA) is 70.5 Å². The van der Waals surface area contributed by atoms with E-state index in [4.69, 9.17) is 4.74 Å². The lowest BCUT2D eigenvalue weighted by Gasteiger charge is -2.33. The third-order valence-corrected chi connectivity index (χ3v) is 8.22. The number of nitrogens with zero attached hydrogens (tertiary/aromatic N) is 2. The largest absolute Gasteiger partial charge is 0.490 e. The maximum Gasteiger partial charge on any atom is 0.276 e. The molecule has 1 aliphatic rings. The van der Waals surface area contributed by atoms with E-state index in [2.05, 4.69) is 58.9 Å². The van der Waals surface area contributed by atoms with Crippen molar-refractivity contribution in [3.05, 3.63) is 135 Å². The van der Waals surface area contributed by atoms with Crippen molar-refractivity contribution in [1.82, 2.24) is 14.5 Å². The lowest BCUT2D eigenvalue weighted by molar-refractivity contribution is 0.0594. The van der Waals surface area contributed by atoms with E-state index in [1.165, 1.54) is 16.3 Å². The van der Waals surface area contributed by atoms with Crippen LogP contribution in [0, 0.1) is 0 Å². The number of aliphatic hydroxyl groups excluding tert-OH is 1. The molecule has 4 aromatic carbocycles. The highest BCUT2D eigenvalue weighted by Crippen LogP contribution is 2.30. The number of aromatic amines is 1. The Hall–Kier alpha value is -4.39. The molecule has 0 radical (unpaired) electrons. The second-order valence-electron chi connectivity index (χ2n) is 11.2. The van der Waals surface area contributed by atoms with Crippen LogP contribution >= 0.6 is 0 Å². The molecular formula is C36H37N3O3. The third kappa shape index (κ3) is 6.40. The van der Waals surface area contributed by atoms with Gasteiger partial charge in [0, 0.05) is 12.1 Å². The Morgan fingerprint density at radius 3 is 2.45 bits per heavy atom. The summed E-state index contributed by atoms with van der Waals surface area (Å²) < 4.78 is 7.71. The number of aromatic nitrogens is 2. The number of rotatable bonds is 9.